The van der Waals surface area contributed by atoms with Crippen LogP contribution < -0.4 is 20.9 Å². The van der Waals surface area contributed by atoms with Gasteiger partial charge in [0, 0.05) is 19.0 Å². The van der Waals surface area contributed by atoms with E-state index in [0.29, 0.717) is 36.7 Å². The molecule has 1 amide bonds. The lowest BCUT2D eigenvalue weighted by atomic mass is 9.90. The van der Waals surface area contributed by atoms with Gasteiger partial charge in [0.1, 0.15) is 17.1 Å². The molecule has 0 atom stereocenters. The number of hydrogen-bond donors (Lipinski definition) is 2. The number of nitrogens with zero attached hydrogens (tertiary/aromatic N) is 2. The monoisotopic (exact) mass is 522 g/mol. The van der Waals surface area contributed by atoms with Crippen LogP contribution in [0, 0.1) is 0 Å². The van der Waals surface area contributed by atoms with E-state index in [-0.39, 0.29) is 17.8 Å². The Morgan fingerprint density at radius 3 is 1.74 bits per heavy atom. The van der Waals surface area contributed by atoms with Gasteiger partial charge in [-0.2, -0.15) is 0 Å². The molecule has 7 heteroatoms. The van der Waals surface area contributed by atoms with Crippen molar-refractivity contribution >= 4 is 11.9 Å². The number of benzene rings is 4. The Bertz CT molecular complexity index is 1320. The Hall–Kier alpha value is -4.78. The number of carbonyl (C=O) groups excluding carboxylic acids is 1. The van der Waals surface area contributed by atoms with Crippen LogP contribution in [0.1, 0.15) is 38.5 Å². The molecule has 0 radical (unpaired) electrons. The van der Waals surface area contributed by atoms with Gasteiger partial charge in [-0.1, -0.05) is 91.0 Å². The predicted molar refractivity (Wildman–Crippen MR) is 155 cm³/mol. The van der Waals surface area contributed by atoms with Crippen LogP contribution >= 0.6 is 0 Å². The third-order valence-electron chi connectivity index (χ3n) is 6.58. The molecule has 0 unspecified atom stereocenters. The zero-order valence-corrected chi connectivity index (χ0v) is 22.3. The van der Waals surface area contributed by atoms with E-state index in [1.807, 2.05) is 71.6 Å². The summed E-state index contributed by atoms with van der Waals surface area (Å²) in [5.41, 5.74) is 15.6. The first kappa shape index (κ1) is 27.3. The number of methoxy groups -OCH3 is 2. The SMILES string of the molecule is COc1cccc(OC)c1C(=O)N(Cc1ccc(CN=C(N)N)cc1)CC(c1ccccc1)c1ccccc1. The van der Waals surface area contributed by atoms with Crippen LogP contribution in [0.5, 0.6) is 11.5 Å². The van der Waals surface area contributed by atoms with Crippen LogP contribution in [0.3, 0.4) is 0 Å². The minimum Gasteiger partial charge on any atom is -0.496 e. The van der Waals surface area contributed by atoms with E-state index in [1.54, 1.807) is 26.4 Å². The van der Waals surface area contributed by atoms with Crippen LogP contribution in [0.25, 0.3) is 0 Å². The number of aliphatic imine (C=N–C) groups is 1. The number of rotatable bonds is 11. The molecule has 0 bridgehead atoms. The standard InChI is InChI=1S/C32H34N4O3/c1-38-28-14-9-15-29(39-2)30(28)31(37)36(21-24-18-16-23(17-19-24)20-35-32(33)34)22-27(25-10-5-3-6-11-25)26-12-7-4-8-13-26/h3-19,27H,20-22H2,1-2H3,(H4,33,34,35). The van der Waals surface area contributed by atoms with Gasteiger partial charge < -0.3 is 25.8 Å². The van der Waals surface area contributed by atoms with Crippen molar-refractivity contribution in [3.8, 4) is 11.5 Å². The number of amides is 1. The normalized spacial score (nSPS) is 10.6. The zero-order chi connectivity index (χ0) is 27.6. The van der Waals surface area contributed by atoms with Gasteiger partial charge in [0.05, 0.1) is 20.8 Å². The molecule has 39 heavy (non-hydrogen) atoms. The fourth-order valence-electron chi connectivity index (χ4n) is 4.59. The van der Waals surface area contributed by atoms with E-state index in [4.69, 9.17) is 20.9 Å². The fraction of sp³-hybridized carbons (Fsp3) is 0.188. The highest BCUT2D eigenvalue weighted by atomic mass is 16.5. The Kier molecular flexibility index (Phi) is 9.19. The maximum absolute atomic E-state index is 14.3. The van der Waals surface area contributed by atoms with E-state index in [2.05, 4.69) is 29.3 Å². The molecule has 4 N–H and O–H groups in total. The molecule has 0 spiro atoms. The summed E-state index contributed by atoms with van der Waals surface area (Å²) in [5, 5.41) is 0. The minimum atomic E-state index is -0.175. The van der Waals surface area contributed by atoms with Gasteiger partial charge in [-0.3, -0.25) is 4.79 Å². The van der Waals surface area contributed by atoms with Gasteiger partial charge in [0.2, 0.25) is 0 Å². The van der Waals surface area contributed by atoms with E-state index in [9.17, 15) is 4.79 Å². The lowest BCUT2D eigenvalue weighted by Crippen LogP contribution is -2.35. The molecule has 4 aromatic rings. The van der Waals surface area contributed by atoms with Crippen molar-refractivity contribution in [1.82, 2.24) is 4.90 Å². The molecule has 0 saturated heterocycles. The molecule has 7 nitrogen and oxygen atoms in total. The topological polar surface area (TPSA) is 103 Å². The molecule has 0 aromatic heterocycles. The number of guanidine groups is 1. The van der Waals surface area contributed by atoms with Crippen molar-refractivity contribution in [2.45, 2.75) is 19.0 Å². The molecular weight excluding hydrogens is 488 g/mol. The van der Waals surface area contributed by atoms with Crippen LogP contribution in [0.2, 0.25) is 0 Å². The van der Waals surface area contributed by atoms with Crippen LogP contribution in [0.15, 0.2) is 108 Å². The summed E-state index contributed by atoms with van der Waals surface area (Å²) in [5.74, 6) is 0.763. The quantitative estimate of drug-likeness (QED) is 0.214. The smallest absolute Gasteiger partial charge is 0.261 e. The van der Waals surface area contributed by atoms with E-state index < -0.39 is 0 Å². The van der Waals surface area contributed by atoms with Crippen LogP contribution in [-0.2, 0) is 13.1 Å². The number of hydrogen-bond acceptors (Lipinski definition) is 4. The second kappa shape index (κ2) is 13.1. The molecule has 0 heterocycles. The molecule has 0 aliphatic heterocycles. The second-order valence-corrected chi connectivity index (χ2v) is 9.15. The third kappa shape index (κ3) is 6.96. The molecule has 4 aromatic carbocycles. The van der Waals surface area contributed by atoms with Gasteiger partial charge >= 0.3 is 0 Å². The predicted octanol–water partition coefficient (Wildman–Crippen LogP) is 4.95. The van der Waals surface area contributed by atoms with E-state index in [1.165, 1.54) is 0 Å². The first-order valence-corrected chi connectivity index (χ1v) is 12.7. The summed E-state index contributed by atoms with van der Waals surface area (Å²) < 4.78 is 11.2. The maximum Gasteiger partial charge on any atom is 0.261 e. The van der Waals surface area contributed by atoms with Crippen molar-refractivity contribution in [2.24, 2.45) is 16.5 Å². The fourth-order valence-corrected chi connectivity index (χ4v) is 4.59. The summed E-state index contributed by atoms with van der Waals surface area (Å²) in [6, 6.07) is 33.8. The lowest BCUT2D eigenvalue weighted by molar-refractivity contribution is 0.0730. The Balaban J connectivity index is 1.74. The molecule has 0 aliphatic carbocycles. The number of nitrogens with two attached hydrogens (primary N) is 2. The average molecular weight is 523 g/mol. The molecule has 0 aliphatic rings. The van der Waals surface area contributed by atoms with Gasteiger partial charge in [0.25, 0.3) is 5.91 Å². The Labute approximate surface area is 229 Å². The zero-order valence-electron chi connectivity index (χ0n) is 22.3. The molecule has 0 saturated carbocycles. The summed E-state index contributed by atoms with van der Waals surface area (Å²) in [6.45, 7) is 1.23. The van der Waals surface area contributed by atoms with Gasteiger partial charge in [-0.25, -0.2) is 4.99 Å². The number of carbonyl (C=O) groups is 1. The van der Waals surface area contributed by atoms with Crippen molar-refractivity contribution in [1.29, 1.82) is 0 Å². The largest absolute Gasteiger partial charge is 0.496 e. The summed E-state index contributed by atoms with van der Waals surface area (Å²) >= 11 is 0. The highest BCUT2D eigenvalue weighted by Crippen LogP contribution is 2.32. The number of ether oxygens (including phenoxy) is 2. The van der Waals surface area contributed by atoms with Crippen molar-refractivity contribution < 1.29 is 14.3 Å². The van der Waals surface area contributed by atoms with E-state index in [0.717, 1.165) is 22.3 Å². The van der Waals surface area contributed by atoms with E-state index >= 15 is 0 Å². The highest BCUT2D eigenvalue weighted by Gasteiger charge is 2.27. The van der Waals surface area contributed by atoms with Gasteiger partial charge in [-0.15, -0.1) is 0 Å². The first-order chi connectivity index (χ1) is 19.0. The summed E-state index contributed by atoms with van der Waals surface area (Å²) in [6.07, 6.45) is 0. The summed E-state index contributed by atoms with van der Waals surface area (Å²) in [4.78, 5) is 20.2. The van der Waals surface area contributed by atoms with Crippen molar-refractivity contribution in [2.75, 3.05) is 20.8 Å². The Morgan fingerprint density at radius 1 is 0.744 bits per heavy atom. The minimum absolute atomic E-state index is 0.0433. The van der Waals surface area contributed by atoms with Crippen molar-refractivity contribution in [3.05, 3.63) is 131 Å². The third-order valence-corrected chi connectivity index (χ3v) is 6.58. The van der Waals surface area contributed by atoms with Crippen molar-refractivity contribution in [3.63, 3.8) is 0 Å². The first-order valence-electron chi connectivity index (χ1n) is 12.7. The molecule has 4 rings (SSSR count). The molecular formula is C32H34N4O3. The van der Waals surface area contributed by atoms with Gasteiger partial charge in [-0.05, 0) is 34.4 Å². The second-order valence-electron chi connectivity index (χ2n) is 9.15. The van der Waals surface area contributed by atoms with Crippen LogP contribution in [0.4, 0.5) is 0 Å². The lowest BCUT2D eigenvalue weighted by Gasteiger charge is -2.30. The van der Waals surface area contributed by atoms with Gasteiger partial charge in [0.15, 0.2) is 5.96 Å². The molecule has 200 valence electrons. The van der Waals surface area contributed by atoms with Crippen LogP contribution in [-0.4, -0.2) is 37.5 Å². The maximum atomic E-state index is 14.3. The summed E-state index contributed by atoms with van der Waals surface area (Å²) in [7, 11) is 3.11. The Morgan fingerprint density at radius 2 is 1.26 bits per heavy atom. The average Bonchev–Trinajstić information content (AvgIpc) is 2.98. The highest BCUT2D eigenvalue weighted by molar-refractivity contribution is 5.99. The molecule has 0 fully saturated rings.